The Morgan fingerprint density at radius 3 is 2.61 bits per heavy atom. The summed E-state index contributed by atoms with van der Waals surface area (Å²) in [6, 6.07) is 16.7. The molecule has 0 aliphatic carbocycles. The molecule has 1 atom stereocenters. The number of para-hydroxylation sites is 1. The third-order valence-electron chi connectivity index (χ3n) is 4.21. The fraction of sp³-hybridized carbons (Fsp3) is 0.286. The summed E-state index contributed by atoms with van der Waals surface area (Å²) < 4.78 is 16.3. The number of likely N-dealkylation sites (N-methyl/N-ethyl adjacent to an activating group) is 1. The van der Waals surface area contributed by atoms with Crippen LogP contribution in [-0.2, 0) is 11.3 Å². The highest BCUT2D eigenvalue weighted by Gasteiger charge is 2.24. The van der Waals surface area contributed by atoms with Gasteiger partial charge < -0.3 is 18.9 Å². The van der Waals surface area contributed by atoms with Crippen molar-refractivity contribution in [3.63, 3.8) is 0 Å². The van der Waals surface area contributed by atoms with Crippen molar-refractivity contribution in [3.8, 4) is 22.9 Å². The van der Waals surface area contributed by atoms with Crippen LogP contribution in [0.25, 0.3) is 11.4 Å². The van der Waals surface area contributed by atoms with Crippen molar-refractivity contribution in [1.29, 1.82) is 0 Å². The highest BCUT2D eigenvalue weighted by molar-refractivity contribution is 5.80. The van der Waals surface area contributed by atoms with Crippen molar-refractivity contribution in [2.24, 2.45) is 0 Å². The topological polar surface area (TPSA) is 77.7 Å². The number of rotatable bonds is 8. The summed E-state index contributed by atoms with van der Waals surface area (Å²) in [6.07, 6.45) is -0.0232. The van der Waals surface area contributed by atoms with Crippen molar-refractivity contribution in [2.75, 3.05) is 14.2 Å². The van der Waals surface area contributed by atoms with E-state index in [1.807, 2.05) is 61.5 Å². The molecule has 1 heterocycles. The maximum atomic E-state index is 12.7. The molecule has 7 nitrogen and oxygen atoms in total. The van der Waals surface area contributed by atoms with Crippen LogP contribution in [0.1, 0.15) is 19.2 Å². The highest BCUT2D eigenvalue weighted by atomic mass is 16.5. The summed E-state index contributed by atoms with van der Waals surface area (Å²) in [5.41, 5.74) is 0.780. The Morgan fingerprint density at radius 1 is 1.14 bits per heavy atom. The highest BCUT2D eigenvalue weighted by Crippen LogP contribution is 2.21. The summed E-state index contributed by atoms with van der Waals surface area (Å²) in [6.45, 7) is 2.11. The second-order valence-electron chi connectivity index (χ2n) is 6.27. The van der Waals surface area contributed by atoms with Gasteiger partial charge in [-0.3, -0.25) is 4.79 Å². The molecule has 146 valence electrons. The minimum Gasteiger partial charge on any atom is -0.497 e. The molecule has 1 unspecified atom stereocenters. The molecule has 1 aromatic heterocycles. The number of benzene rings is 2. The zero-order chi connectivity index (χ0) is 19.9. The molecular formula is C21H23N3O4. The molecule has 7 heteroatoms. The summed E-state index contributed by atoms with van der Waals surface area (Å²) in [5.74, 6) is 2.02. The maximum Gasteiger partial charge on any atom is 0.263 e. The Morgan fingerprint density at radius 2 is 1.89 bits per heavy atom. The van der Waals surface area contributed by atoms with Crippen LogP contribution in [0.4, 0.5) is 0 Å². The van der Waals surface area contributed by atoms with Crippen LogP contribution in [0.2, 0.25) is 0 Å². The Balaban J connectivity index is 1.65. The van der Waals surface area contributed by atoms with E-state index in [2.05, 4.69) is 10.1 Å². The third kappa shape index (κ3) is 4.68. The largest absolute Gasteiger partial charge is 0.497 e. The molecule has 0 N–H and O–H groups in total. The first-order valence-electron chi connectivity index (χ1n) is 9.04. The van der Waals surface area contributed by atoms with Gasteiger partial charge >= 0.3 is 0 Å². The molecule has 28 heavy (non-hydrogen) atoms. The van der Waals surface area contributed by atoms with Gasteiger partial charge in [-0.05, 0) is 30.7 Å². The van der Waals surface area contributed by atoms with Gasteiger partial charge in [0, 0.05) is 12.6 Å². The lowest BCUT2D eigenvalue weighted by molar-refractivity contribution is -0.138. The minimum atomic E-state index is -0.576. The van der Waals surface area contributed by atoms with E-state index in [0.29, 0.717) is 29.6 Å². The molecule has 3 aromatic rings. The van der Waals surface area contributed by atoms with Gasteiger partial charge in [-0.15, -0.1) is 0 Å². The number of methoxy groups -OCH3 is 1. The van der Waals surface area contributed by atoms with E-state index < -0.39 is 6.10 Å². The van der Waals surface area contributed by atoms with Crippen molar-refractivity contribution in [2.45, 2.75) is 26.0 Å². The predicted molar refractivity (Wildman–Crippen MR) is 104 cm³/mol. The van der Waals surface area contributed by atoms with Crippen LogP contribution in [0, 0.1) is 0 Å². The lowest BCUT2D eigenvalue weighted by Crippen LogP contribution is -2.39. The van der Waals surface area contributed by atoms with Gasteiger partial charge in [-0.1, -0.05) is 42.4 Å². The van der Waals surface area contributed by atoms with Gasteiger partial charge in [0.05, 0.1) is 13.7 Å². The molecule has 0 saturated heterocycles. The van der Waals surface area contributed by atoms with Gasteiger partial charge in [-0.25, -0.2) is 0 Å². The van der Waals surface area contributed by atoms with Gasteiger partial charge in [0.2, 0.25) is 11.7 Å². The van der Waals surface area contributed by atoms with Crippen molar-refractivity contribution in [1.82, 2.24) is 15.0 Å². The van der Waals surface area contributed by atoms with Crippen molar-refractivity contribution in [3.05, 3.63) is 60.5 Å². The molecule has 1 amide bonds. The molecule has 3 rings (SSSR count). The summed E-state index contributed by atoms with van der Waals surface area (Å²) in [5, 5.41) is 4.00. The molecule has 0 aliphatic heterocycles. The molecule has 0 saturated carbocycles. The maximum absolute atomic E-state index is 12.7. The van der Waals surface area contributed by atoms with Gasteiger partial charge in [0.25, 0.3) is 5.91 Å². The number of carbonyl (C=O) groups is 1. The van der Waals surface area contributed by atoms with Crippen molar-refractivity contribution < 1.29 is 18.8 Å². The standard InChI is InChI=1S/C21H23N3O4/c1-4-18(27-16-10-6-5-7-11-16)21(25)24(2)14-19-22-20(23-28-19)15-9-8-12-17(13-15)26-3/h5-13,18H,4,14H2,1-3H3. The number of nitrogens with zero attached hydrogens (tertiary/aromatic N) is 3. The number of aromatic nitrogens is 2. The zero-order valence-electron chi connectivity index (χ0n) is 16.2. The van der Waals surface area contributed by atoms with Gasteiger partial charge in [-0.2, -0.15) is 4.98 Å². The Bertz CT molecular complexity index is 911. The first-order chi connectivity index (χ1) is 13.6. The van der Waals surface area contributed by atoms with E-state index in [-0.39, 0.29) is 12.5 Å². The van der Waals surface area contributed by atoms with Crippen LogP contribution >= 0.6 is 0 Å². The van der Waals surface area contributed by atoms with E-state index >= 15 is 0 Å². The minimum absolute atomic E-state index is 0.146. The average molecular weight is 381 g/mol. The van der Waals surface area contributed by atoms with Crippen molar-refractivity contribution >= 4 is 5.91 Å². The number of hydrogen-bond acceptors (Lipinski definition) is 6. The Hall–Kier alpha value is -3.35. The smallest absolute Gasteiger partial charge is 0.263 e. The predicted octanol–water partition coefficient (Wildman–Crippen LogP) is 3.56. The zero-order valence-corrected chi connectivity index (χ0v) is 16.2. The normalized spacial score (nSPS) is 11.7. The number of ether oxygens (including phenoxy) is 2. The van der Waals surface area contributed by atoms with E-state index in [0.717, 1.165) is 5.56 Å². The summed E-state index contributed by atoms with van der Waals surface area (Å²) in [7, 11) is 3.29. The third-order valence-corrected chi connectivity index (χ3v) is 4.21. The van der Waals surface area contributed by atoms with Gasteiger partial charge in [0.15, 0.2) is 6.10 Å². The van der Waals surface area contributed by atoms with E-state index in [1.54, 1.807) is 14.2 Å². The first-order valence-corrected chi connectivity index (χ1v) is 9.04. The molecule has 0 spiro atoms. The average Bonchev–Trinajstić information content (AvgIpc) is 3.20. The van der Waals surface area contributed by atoms with Crippen LogP contribution < -0.4 is 9.47 Å². The molecule has 0 fully saturated rings. The molecule has 0 radical (unpaired) electrons. The first kappa shape index (κ1) is 19.4. The van der Waals surface area contributed by atoms with E-state index in [1.165, 1.54) is 4.90 Å². The van der Waals surface area contributed by atoms with Crippen LogP contribution in [0.15, 0.2) is 59.1 Å². The number of amides is 1. The van der Waals surface area contributed by atoms with E-state index in [4.69, 9.17) is 14.0 Å². The second-order valence-corrected chi connectivity index (χ2v) is 6.27. The Labute approximate surface area is 163 Å². The molecule has 0 bridgehead atoms. The fourth-order valence-corrected chi connectivity index (χ4v) is 2.70. The fourth-order valence-electron chi connectivity index (χ4n) is 2.70. The SMILES string of the molecule is CCC(Oc1ccccc1)C(=O)N(C)Cc1nc(-c2cccc(OC)c2)no1. The van der Waals surface area contributed by atoms with Gasteiger partial charge in [0.1, 0.15) is 11.5 Å². The second kappa shape index (κ2) is 9.03. The Kier molecular flexibility index (Phi) is 6.26. The van der Waals surface area contributed by atoms with Crippen LogP contribution in [0.3, 0.4) is 0 Å². The molecular weight excluding hydrogens is 358 g/mol. The lowest BCUT2D eigenvalue weighted by Gasteiger charge is -2.22. The van der Waals surface area contributed by atoms with Crippen LogP contribution in [0.5, 0.6) is 11.5 Å². The monoisotopic (exact) mass is 381 g/mol. The number of hydrogen-bond donors (Lipinski definition) is 0. The van der Waals surface area contributed by atoms with E-state index in [9.17, 15) is 4.79 Å². The molecule has 0 aliphatic rings. The number of carbonyl (C=O) groups excluding carboxylic acids is 1. The quantitative estimate of drug-likeness (QED) is 0.594. The summed E-state index contributed by atoms with van der Waals surface area (Å²) >= 11 is 0. The lowest BCUT2D eigenvalue weighted by atomic mass is 10.2. The summed E-state index contributed by atoms with van der Waals surface area (Å²) in [4.78, 5) is 18.6. The van der Waals surface area contributed by atoms with Crippen LogP contribution in [-0.4, -0.2) is 41.2 Å². The molecule has 2 aromatic carbocycles.